The molecule has 1 heterocycles. The van der Waals surface area contributed by atoms with E-state index in [1.807, 2.05) is 4.90 Å². The maximum atomic E-state index is 12.7. The Hall–Kier alpha value is -1.26. The number of hydrogen-bond donors (Lipinski definition) is 1. The van der Waals surface area contributed by atoms with Crippen molar-refractivity contribution in [2.75, 3.05) is 18.4 Å². The number of carbonyl (C=O) groups is 2. The number of anilines is 1. The molecule has 0 aromatic heterocycles. The molecular weight excluding hydrogens is 371 g/mol. The highest BCUT2D eigenvalue weighted by molar-refractivity contribution is 6.42. The summed E-state index contributed by atoms with van der Waals surface area (Å²) in [7, 11) is 0. The van der Waals surface area contributed by atoms with E-state index < -0.39 is 0 Å². The van der Waals surface area contributed by atoms with Crippen molar-refractivity contribution in [1.29, 1.82) is 0 Å². The standard InChI is InChI=1S/C20H26Cl2N2O2/c21-17-10-9-16(13-18(17)22)23-19(25)14-5-7-15(8-6-14)20(26)24-11-3-1-2-4-12-24/h9-10,13-15H,1-8,11-12H2,(H,23,25). The highest BCUT2D eigenvalue weighted by Gasteiger charge is 2.32. The van der Waals surface area contributed by atoms with Crippen LogP contribution in [0.5, 0.6) is 0 Å². The Bertz CT molecular complexity index is 649. The van der Waals surface area contributed by atoms with Gasteiger partial charge in [-0.25, -0.2) is 0 Å². The highest BCUT2D eigenvalue weighted by atomic mass is 35.5. The summed E-state index contributed by atoms with van der Waals surface area (Å²) in [5.74, 6) is 0.346. The Morgan fingerprint density at radius 3 is 2.12 bits per heavy atom. The molecule has 0 spiro atoms. The lowest BCUT2D eigenvalue weighted by Crippen LogP contribution is -2.39. The molecule has 0 radical (unpaired) electrons. The van der Waals surface area contributed by atoms with Crippen LogP contribution in [0.1, 0.15) is 51.4 Å². The molecule has 3 rings (SSSR count). The molecule has 1 aliphatic heterocycles. The zero-order chi connectivity index (χ0) is 18.5. The number of hydrogen-bond acceptors (Lipinski definition) is 2. The summed E-state index contributed by atoms with van der Waals surface area (Å²) in [5.41, 5.74) is 0.659. The van der Waals surface area contributed by atoms with Gasteiger partial charge in [-0.15, -0.1) is 0 Å². The zero-order valence-corrected chi connectivity index (χ0v) is 16.5. The third-order valence-corrected chi connectivity index (χ3v) is 6.29. The highest BCUT2D eigenvalue weighted by Crippen LogP contribution is 2.32. The van der Waals surface area contributed by atoms with Crippen molar-refractivity contribution in [3.63, 3.8) is 0 Å². The van der Waals surface area contributed by atoms with Crippen LogP contribution in [0, 0.1) is 11.8 Å². The molecule has 2 fully saturated rings. The van der Waals surface area contributed by atoms with Gasteiger partial charge in [-0.1, -0.05) is 36.0 Å². The summed E-state index contributed by atoms with van der Waals surface area (Å²) in [4.78, 5) is 27.3. The average molecular weight is 397 g/mol. The minimum Gasteiger partial charge on any atom is -0.342 e. The van der Waals surface area contributed by atoms with Gasteiger partial charge in [-0.3, -0.25) is 9.59 Å². The van der Waals surface area contributed by atoms with Gasteiger partial charge in [0.1, 0.15) is 0 Å². The molecule has 6 heteroatoms. The van der Waals surface area contributed by atoms with E-state index in [1.165, 1.54) is 12.8 Å². The first-order valence-electron chi connectivity index (χ1n) is 9.59. The molecular formula is C20H26Cl2N2O2. The second-order valence-electron chi connectivity index (χ2n) is 7.41. The van der Waals surface area contributed by atoms with E-state index >= 15 is 0 Å². The molecule has 1 aromatic rings. The van der Waals surface area contributed by atoms with Gasteiger partial charge in [-0.2, -0.15) is 0 Å². The lowest BCUT2D eigenvalue weighted by molar-refractivity contribution is -0.137. The van der Waals surface area contributed by atoms with Gasteiger partial charge in [0.15, 0.2) is 0 Å². The fourth-order valence-corrected chi connectivity index (χ4v) is 4.27. The smallest absolute Gasteiger partial charge is 0.227 e. The number of nitrogens with one attached hydrogen (secondary N) is 1. The van der Waals surface area contributed by atoms with Gasteiger partial charge < -0.3 is 10.2 Å². The second kappa shape index (κ2) is 9.09. The molecule has 1 aliphatic carbocycles. The lowest BCUT2D eigenvalue weighted by Gasteiger charge is -2.31. The minimum absolute atomic E-state index is 0.00376. The predicted molar refractivity (Wildman–Crippen MR) is 106 cm³/mol. The minimum atomic E-state index is -0.0439. The molecule has 1 saturated carbocycles. The van der Waals surface area contributed by atoms with Gasteiger partial charge in [0.05, 0.1) is 10.0 Å². The summed E-state index contributed by atoms with van der Waals surface area (Å²) < 4.78 is 0. The number of amides is 2. The van der Waals surface area contributed by atoms with E-state index in [2.05, 4.69) is 5.32 Å². The van der Waals surface area contributed by atoms with E-state index in [0.29, 0.717) is 21.6 Å². The van der Waals surface area contributed by atoms with Crippen molar-refractivity contribution < 1.29 is 9.59 Å². The fourth-order valence-electron chi connectivity index (χ4n) is 3.97. The number of nitrogens with zero attached hydrogens (tertiary/aromatic N) is 1. The average Bonchev–Trinajstić information content (AvgIpc) is 2.94. The number of likely N-dealkylation sites (tertiary alicyclic amines) is 1. The first kappa shape index (κ1) is 19.5. The summed E-state index contributed by atoms with van der Waals surface area (Å²) >= 11 is 11.9. The van der Waals surface area contributed by atoms with E-state index in [-0.39, 0.29) is 17.7 Å². The molecule has 4 nitrogen and oxygen atoms in total. The quantitative estimate of drug-likeness (QED) is 0.768. The van der Waals surface area contributed by atoms with Crippen molar-refractivity contribution in [2.24, 2.45) is 11.8 Å². The summed E-state index contributed by atoms with van der Waals surface area (Å²) in [6.45, 7) is 1.80. The maximum Gasteiger partial charge on any atom is 0.227 e. The van der Waals surface area contributed by atoms with Gasteiger partial charge >= 0.3 is 0 Å². The summed E-state index contributed by atoms with van der Waals surface area (Å²) in [5, 5.41) is 3.81. The van der Waals surface area contributed by atoms with Crippen LogP contribution in [0.4, 0.5) is 5.69 Å². The first-order chi connectivity index (χ1) is 12.5. The maximum absolute atomic E-state index is 12.7. The van der Waals surface area contributed by atoms with Crippen molar-refractivity contribution in [1.82, 2.24) is 4.90 Å². The fraction of sp³-hybridized carbons (Fsp3) is 0.600. The molecule has 1 aromatic carbocycles. The van der Waals surface area contributed by atoms with Crippen LogP contribution in [0.2, 0.25) is 10.0 Å². The van der Waals surface area contributed by atoms with Gasteiger partial charge in [0.25, 0.3) is 0 Å². The monoisotopic (exact) mass is 396 g/mol. The summed E-state index contributed by atoms with van der Waals surface area (Å²) in [6, 6.07) is 5.09. The van der Waals surface area contributed by atoms with E-state index in [0.717, 1.165) is 51.6 Å². The van der Waals surface area contributed by atoms with E-state index in [4.69, 9.17) is 23.2 Å². The van der Waals surface area contributed by atoms with Crippen LogP contribution in [0.15, 0.2) is 18.2 Å². The summed E-state index contributed by atoms with van der Waals surface area (Å²) in [6.07, 6.45) is 7.81. The van der Waals surface area contributed by atoms with E-state index in [1.54, 1.807) is 18.2 Å². The Balaban J connectivity index is 1.50. The van der Waals surface area contributed by atoms with Crippen molar-refractivity contribution >= 4 is 40.7 Å². The van der Waals surface area contributed by atoms with Gasteiger partial charge in [0, 0.05) is 30.6 Å². The van der Waals surface area contributed by atoms with Crippen molar-refractivity contribution in [3.8, 4) is 0 Å². The SMILES string of the molecule is O=C(Nc1ccc(Cl)c(Cl)c1)C1CCC(C(=O)N2CCCCCC2)CC1. The zero-order valence-electron chi connectivity index (χ0n) is 15.0. The van der Waals surface area contributed by atoms with Crippen LogP contribution < -0.4 is 5.32 Å². The van der Waals surface area contributed by atoms with Gasteiger partial charge in [0.2, 0.25) is 11.8 Å². The normalized spacial score (nSPS) is 24.0. The van der Waals surface area contributed by atoms with Crippen LogP contribution in [-0.4, -0.2) is 29.8 Å². The Labute approximate surface area is 165 Å². The lowest BCUT2D eigenvalue weighted by atomic mass is 9.81. The molecule has 1 N–H and O–H groups in total. The molecule has 2 aliphatic rings. The van der Waals surface area contributed by atoms with Crippen LogP contribution in [0.25, 0.3) is 0 Å². The topological polar surface area (TPSA) is 49.4 Å². The van der Waals surface area contributed by atoms with Crippen molar-refractivity contribution in [3.05, 3.63) is 28.2 Å². The molecule has 0 bridgehead atoms. The van der Waals surface area contributed by atoms with Crippen LogP contribution in [-0.2, 0) is 9.59 Å². The molecule has 1 saturated heterocycles. The van der Waals surface area contributed by atoms with Crippen LogP contribution >= 0.6 is 23.2 Å². The van der Waals surface area contributed by atoms with E-state index in [9.17, 15) is 9.59 Å². The largest absolute Gasteiger partial charge is 0.342 e. The predicted octanol–water partition coefficient (Wildman–Crippen LogP) is 5.14. The molecule has 142 valence electrons. The molecule has 2 amide bonds. The van der Waals surface area contributed by atoms with Gasteiger partial charge in [-0.05, 0) is 56.7 Å². The number of carbonyl (C=O) groups excluding carboxylic acids is 2. The number of rotatable bonds is 3. The van der Waals surface area contributed by atoms with Crippen LogP contribution in [0.3, 0.4) is 0 Å². The Morgan fingerprint density at radius 2 is 1.50 bits per heavy atom. The first-order valence-corrected chi connectivity index (χ1v) is 10.3. The molecule has 0 unspecified atom stereocenters. The second-order valence-corrected chi connectivity index (χ2v) is 8.22. The third kappa shape index (κ3) is 4.92. The number of halogens is 2. The van der Waals surface area contributed by atoms with Crippen molar-refractivity contribution in [2.45, 2.75) is 51.4 Å². The number of benzene rings is 1. The Kier molecular flexibility index (Phi) is 6.82. The molecule has 0 atom stereocenters. The Morgan fingerprint density at radius 1 is 0.885 bits per heavy atom. The third-order valence-electron chi connectivity index (χ3n) is 5.55. The molecule has 26 heavy (non-hydrogen) atoms.